The van der Waals surface area contributed by atoms with Crippen LogP contribution in [0.4, 0.5) is 0 Å². The molecule has 2 aromatic rings. The van der Waals surface area contributed by atoms with E-state index in [-0.39, 0.29) is 18.4 Å². The molecule has 0 aliphatic heterocycles. The molecule has 2 aromatic carbocycles. The van der Waals surface area contributed by atoms with E-state index >= 15 is 0 Å². The minimum Gasteiger partial charge on any atom is -0.496 e. The van der Waals surface area contributed by atoms with Gasteiger partial charge in [0.05, 0.1) is 13.5 Å². The van der Waals surface area contributed by atoms with Crippen molar-refractivity contribution in [3.63, 3.8) is 0 Å². The van der Waals surface area contributed by atoms with Gasteiger partial charge in [-0.25, -0.2) is 0 Å². The summed E-state index contributed by atoms with van der Waals surface area (Å²) in [6.45, 7) is 1.83. The summed E-state index contributed by atoms with van der Waals surface area (Å²) >= 11 is 0. The smallest absolute Gasteiger partial charge is 0.304 e. The van der Waals surface area contributed by atoms with E-state index in [1.54, 1.807) is 7.11 Å². The molecule has 0 aliphatic carbocycles. The molecule has 2 unspecified atom stereocenters. The summed E-state index contributed by atoms with van der Waals surface area (Å²) in [6, 6.07) is 11.4. The molecule has 0 radical (unpaired) electrons. The Labute approximate surface area is 118 Å². The number of benzene rings is 2. The van der Waals surface area contributed by atoms with Crippen molar-refractivity contribution < 1.29 is 14.6 Å². The monoisotopic (exact) mass is 273 g/mol. The van der Waals surface area contributed by atoms with Crippen molar-refractivity contribution in [2.75, 3.05) is 7.11 Å². The molecular weight excluding hydrogens is 254 g/mol. The average molecular weight is 273 g/mol. The Morgan fingerprint density at radius 2 is 2.00 bits per heavy atom. The highest BCUT2D eigenvalue weighted by molar-refractivity contribution is 5.89. The maximum Gasteiger partial charge on any atom is 0.304 e. The van der Waals surface area contributed by atoms with Crippen LogP contribution >= 0.6 is 0 Å². The van der Waals surface area contributed by atoms with E-state index < -0.39 is 5.97 Å². The van der Waals surface area contributed by atoms with Gasteiger partial charge in [-0.15, -0.1) is 0 Å². The molecule has 0 spiro atoms. The standard InChI is InChI=1S/C16H19NO3/c1-10(17)13(9-15(18)19)16-12-6-4-3-5-11(12)7-8-14(16)20-2/h3-8,10,13H,9,17H2,1-2H3,(H,18,19). The van der Waals surface area contributed by atoms with Crippen molar-refractivity contribution in [2.45, 2.75) is 25.3 Å². The molecule has 106 valence electrons. The molecule has 0 heterocycles. The molecule has 4 nitrogen and oxygen atoms in total. The second-order valence-corrected chi connectivity index (χ2v) is 4.97. The van der Waals surface area contributed by atoms with Crippen LogP contribution in [0.5, 0.6) is 5.75 Å². The van der Waals surface area contributed by atoms with E-state index in [0.29, 0.717) is 5.75 Å². The number of aliphatic carboxylic acids is 1. The van der Waals surface area contributed by atoms with Gasteiger partial charge in [0.1, 0.15) is 5.75 Å². The van der Waals surface area contributed by atoms with Gasteiger partial charge in [0.15, 0.2) is 0 Å². The van der Waals surface area contributed by atoms with Crippen molar-refractivity contribution in [1.29, 1.82) is 0 Å². The molecule has 0 aromatic heterocycles. The number of carboxylic acids is 1. The molecule has 20 heavy (non-hydrogen) atoms. The van der Waals surface area contributed by atoms with E-state index in [9.17, 15) is 4.79 Å². The van der Waals surface area contributed by atoms with Gasteiger partial charge >= 0.3 is 5.97 Å². The highest BCUT2D eigenvalue weighted by Gasteiger charge is 2.25. The predicted molar refractivity (Wildman–Crippen MR) is 79.1 cm³/mol. The van der Waals surface area contributed by atoms with Gasteiger partial charge < -0.3 is 15.6 Å². The lowest BCUT2D eigenvalue weighted by molar-refractivity contribution is -0.137. The van der Waals surface area contributed by atoms with Crippen molar-refractivity contribution >= 4 is 16.7 Å². The van der Waals surface area contributed by atoms with Gasteiger partial charge in [-0.2, -0.15) is 0 Å². The summed E-state index contributed by atoms with van der Waals surface area (Å²) in [4.78, 5) is 11.1. The van der Waals surface area contributed by atoms with E-state index in [2.05, 4.69) is 0 Å². The first-order valence-electron chi connectivity index (χ1n) is 6.57. The summed E-state index contributed by atoms with van der Waals surface area (Å²) in [5.74, 6) is -0.455. The maximum atomic E-state index is 11.1. The number of carbonyl (C=O) groups is 1. The quantitative estimate of drug-likeness (QED) is 0.878. The first kappa shape index (κ1) is 14.3. The fraction of sp³-hybridized carbons (Fsp3) is 0.312. The first-order chi connectivity index (χ1) is 9.54. The van der Waals surface area contributed by atoms with E-state index in [0.717, 1.165) is 16.3 Å². The lowest BCUT2D eigenvalue weighted by Gasteiger charge is -2.23. The molecule has 0 bridgehead atoms. The first-order valence-corrected chi connectivity index (χ1v) is 6.57. The highest BCUT2D eigenvalue weighted by atomic mass is 16.5. The van der Waals surface area contributed by atoms with E-state index in [1.165, 1.54) is 0 Å². The summed E-state index contributed by atoms with van der Waals surface area (Å²) in [7, 11) is 1.59. The topological polar surface area (TPSA) is 72.5 Å². The maximum absolute atomic E-state index is 11.1. The Kier molecular flexibility index (Phi) is 4.25. The Morgan fingerprint density at radius 1 is 1.30 bits per heavy atom. The second kappa shape index (κ2) is 5.92. The molecule has 4 heteroatoms. The van der Waals surface area contributed by atoms with Crippen LogP contribution in [0.2, 0.25) is 0 Å². The van der Waals surface area contributed by atoms with Crippen LogP contribution in [0.1, 0.15) is 24.8 Å². The van der Waals surface area contributed by atoms with Crippen LogP contribution in [0.3, 0.4) is 0 Å². The summed E-state index contributed by atoms with van der Waals surface area (Å²) in [5, 5.41) is 11.2. The average Bonchev–Trinajstić information content (AvgIpc) is 2.43. The van der Waals surface area contributed by atoms with Crippen LogP contribution in [0.25, 0.3) is 10.8 Å². The Bertz CT molecular complexity index is 622. The van der Waals surface area contributed by atoms with E-state index in [1.807, 2.05) is 43.3 Å². The summed E-state index contributed by atoms with van der Waals surface area (Å²) < 4.78 is 5.42. The third-order valence-electron chi connectivity index (χ3n) is 3.55. The van der Waals surface area contributed by atoms with Gasteiger partial charge in [0.25, 0.3) is 0 Å². The Hall–Kier alpha value is -2.07. The zero-order chi connectivity index (χ0) is 14.7. The zero-order valence-corrected chi connectivity index (χ0v) is 11.7. The number of carboxylic acid groups (broad SMARTS) is 1. The fourth-order valence-corrected chi connectivity index (χ4v) is 2.58. The molecule has 3 N–H and O–H groups in total. The van der Waals surface area contributed by atoms with Crippen LogP contribution in [0, 0.1) is 0 Å². The number of nitrogens with two attached hydrogens (primary N) is 1. The van der Waals surface area contributed by atoms with Crippen molar-refractivity contribution in [3.05, 3.63) is 42.0 Å². The largest absolute Gasteiger partial charge is 0.496 e. The third-order valence-corrected chi connectivity index (χ3v) is 3.55. The SMILES string of the molecule is COc1ccc2ccccc2c1C(CC(=O)O)C(C)N. The van der Waals surface area contributed by atoms with Crippen LogP contribution in [-0.4, -0.2) is 24.2 Å². The lowest BCUT2D eigenvalue weighted by atomic mass is 9.86. The summed E-state index contributed by atoms with van der Waals surface area (Å²) in [6.07, 6.45) is -0.0119. The van der Waals surface area contributed by atoms with Crippen molar-refractivity contribution in [2.24, 2.45) is 5.73 Å². The fourth-order valence-electron chi connectivity index (χ4n) is 2.58. The Morgan fingerprint density at radius 3 is 2.60 bits per heavy atom. The number of rotatable bonds is 5. The number of fused-ring (bicyclic) bond motifs is 1. The van der Waals surface area contributed by atoms with Gasteiger partial charge in [-0.3, -0.25) is 4.79 Å². The molecular formula is C16H19NO3. The van der Waals surface area contributed by atoms with Gasteiger partial charge in [-0.1, -0.05) is 30.3 Å². The van der Waals surface area contributed by atoms with E-state index in [4.69, 9.17) is 15.6 Å². The number of ether oxygens (including phenoxy) is 1. The highest BCUT2D eigenvalue weighted by Crippen LogP contribution is 2.37. The van der Waals surface area contributed by atoms with Crippen molar-refractivity contribution in [3.8, 4) is 5.75 Å². The van der Waals surface area contributed by atoms with Gasteiger partial charge in [0, 0.05) is 17.5 Å². The van der Waals surface area contributed by atoms with Crippen molar-refractivity contribution in [1.82, 2.24) is 0 Å². The van der Waals surface area contributed by atoms with Crippen LogP contribution < -0.4 is 10.5 Å². The molecule has 2 atom stereocenters. The molecule has 0 saturated heterocycles. The van der Waals surface area contributed by atoms with Crippen LogP contribution in [-0.2, 0) is 4.79 Å². The Balaban J connectivity index is 2.67. The number of hydrogen-bond acceptors (Lipinski definition) is 3. The summed E-state index contributed by atoms with van der Waals surface area (Å²) in [5.41, 5.74) is 6.89. The van der Waals surface area contributed by atoms with Crippen LogP contribution in [0.15, 0.2) is 36.4 Å². The number of methoxy groups -OCH3 is 1. The minimum atomic E-state index is -0.859. The molecule has 0 aliphatic rings. The number of hydrogen-bond donors (Lipinski definition) is 2. The lowest BCUT2D eigenvalue weighted by Crippen LogP contribution is -2.27. The normalized spacial score (nSPS) is 13.9. The van der Waals surface area contributed by atoms with Gasteiger partial charge in [0.2, 0.25) is 0 Å². The predicted octanol–water partition coefficient (Wildman–Crippen LogP) is 2.75. The minimum absolute atomic E-state index is 0.0119. The molecule has 2 rings (SSSR count). The van der Waals surface area contributed by atoms with Gasteiger partial charge in [-0.05, 0) is 23.8 Å². The third kappa shape index (κ3) is 2.75. The molecule has 0 fully saturated rings. The molecule has 0 saturated carbocycles. The second-order valence-electron chi connectivity index (χ2n) is 4.97. The zero-order valence-electron chi connectivity index (χ0n) is 11.7. The molecule has 0 amide bonds.